The second kappa shape index (κ2) is 6.51. The van der Waals surface area contributed by atoms with Gasteiger partial charge in [-0.1, -0.05) is 6.07 Å². The summed E-state index contributed by atoms with van der Waals surface area (Å²) in [6.45, 7) is 2.28. The molecule has 0 amide bonds. The highest BCUT2D eigenvalue weighted by atomic mass is 32.2. The molecule has 0 saturated carbocycles. The molecule has 0 aliphatic carbocycles. The first-order valence-electron chi connectivity index (χ1n) is 5.27. The van der Waals surface area contributed by atoms with E-state index in [1.807, 2.05) is 0 Å². The molecule has 1 atom stereocenters. The van der Waals surface area contributed by atoms with Crippen LogP contribution in [0.5, 0.6) is 0 Å². The van der Waals surface area contributed by atoms with Gasteiger partial charge in [-0.15, -0.1) is 0 Å². The summed E-state index contributed by atoms with van der Waals surface area (Å²) in [7, 11) is 0.431. The van der Waals surface area contributed by atoms with Gasteiger partial charge in [0.2, 0.25) is 0 Å². The highest BCUT2D eigenvalue weighted by molar-refractivity contribution is 7.85. The average molecular weight is 256 g/mol. The van der Waals surface area contributed by atoms with Crippen molar-refractivity contribution in [3.8, 4) is 0 Å². The smallest absolute Gasteiger partial charge is 0.335 e. The van der Waals surface area contributed by atoms with Gasteiger partial charge in [-0.05, 0) is 31.0 Å². The molecule has 1 unspecified atom stereocenters. The molecule has 0 aliphatic heterocycles. The summed E-state index contributed by atoms with van der Waals surface area (Å²) < 4.78 is 16.7. The summed E-state index contributed by atoms with van der Waals surface area (Å²) in [5, 5.41) is 8.97. The van der Waals surface area contributed by atoms with E-state index >= 15 is 0 Å². The number of hydrogen-bond donors (Lipinski definition) is 1. The highest BCUT2D eigenvalue weighted by Gasteiger charge is 2.11. The SMILES string of the molecule is COCCCS(=O)c1ccc(C)c(C(=O)O)c1. The van der Waals surface area contributed by atoms with Gasteiger partial charge in [-0.3, -0.25) is 4.21 Å². The summed E-state index contributed by atoms with van der Waals surface area (Å²) in [5.74, 6) is -0.506. The fourth-order valence-electron chi connectivity index (χ4n) is 1.43. The molecular formula is C12H16O4S. The number of hydrogen-bond acceptors (Lipinski definition) is 3. The van der Waals surface area contributed by atoms with Crippen LogP contribution in [0, 0.1) is 6.92 Å². The summed E-state index contributed by atoms with van der Waals surface area (Å²) in [4.78, 5) is 11.5. The summed E-state index contributed by atoms with van der Waals surface area (Å²) >= 11 is 0. The van der Waals surface area contributed by atoms with E-state index in [1.54, 1.807) is 26.2 Å². The Morgan fingerprint density at radius 2 is 2.18 bits per heavy atom. The maximum Gasteiger partial charge on any atom is 0.335 e. The number of benzene rings is 1. The molecule has 0 fully saturated rings. The minimum Gasteiger partial charge on any atom is -0.478 e. The van der Waals surface area contributed by atoms with E-state index in [2.05, 4.69) is 0 Å². The van der Waals surface area contributed by atoms with Crippen LogP contribution < -0.4 is 0 Å². The van der Waals surface area contributed by atoms with Crippen molar-refractivity contribution in [3.63, 3.8) is 0 Å². The van der Waals surface area contributed by atoms with Crippen molar-refractivity contribution in [1.82, 2.24) is 0 Å². The number of carboxylic acid groups (broad SMARTS) is 1. The number of aromatic carboxylic acids is 1. The molecule has 0 aliphatic rings. The van der Waals surface area contributed by atoms with Crippen LogP contribution in [0.1, 0.15) is 22.3 Å². The lowest BCUT2D eigenvalue weighted by Crippen LogP contribution is -2.05. The summed E-state index contributed by atoms with van der Waals surface area (Å²) in [6.07, 6.45) is 0.694. The van der Waals surface area contributed by atoms with E-state index in [0.29, 0.717) is 29.2 Å². The molecule has 94 valence electrons. The number of rotatable bonds is 6. The third kappa shape index (κ3) is 3.94. The van der Waals surface area contributed by atoms with E-state index in [1.165, 1.54) is 6.07 Å². The molecule has 1 aromatic carbocycles. The first-order valence-corrected chi connectivity index (χ1v) is 6.59. The van der Waals surface area contributed by atoms with Crippen molar-refractivity contribution in [1.29, 1.82) is 0 Å². The standard InChI is InChI=1S/C12H16O4S/c1-9-4-5-10(8-11(9)12(13)14)17(15)7-3-6-16-2/h4-5,8H,3,6-7H2,1-2H3,(H,13,14). The molecule has 0 heterocycles. The quantitative estimate of drug-likeness (QED) is 0.789. The molecular weight excluding hydrogens is 240 g/mol. The Balaban J connectivity index is 2.81. The Morgan fingerprint density at radius 1 is 1.47 bits per heavy atom. The second-order valence-corrected chi connectivity index (χ2v) is 5.25. The number of methoxy groups -OCH3 is 1. The van der Waals surface area contributed by atoms with Gasteiger partial charge in [0.25, 0.3) is 0 Å². The zero-order valence-electron chi connectivity index (χ0n) is 9.93. The Morgan fingerprint density at radius 3 is 2.76 bits per heavy atom. The van der Waals surface area contributed by atoms with Gasteiger partial charge in [0, 0.05) is 24.4 Å². The van der Waals surface area contributed by atoms with Crippen molar-refractivity contribution < 1.29 is 18.8 Å². The van der Waals surface area contributed by atoms with Crippen LogP contribution >= 0.6 is 0 Å². The van der Waals surface area contributed by atoms with Crippen LogP contribution in [-0.2, 0) is 15.5 Å². The third-order valence-corrected chi connectivity index (χ3v) is 3.82. The van der Waals surface area contributed by atoms with Crippen LogP contribution in [0.25, 0.3) is 0 Å². The topological polar surface area (TPSA) is 63.6 Å². The average Bonchev–Trinajstić information content (AvgIpc) is 2.29. The van der Waals surface area contributed by atoms with Crippen LogP contribution in [0.15, 0.2) is 23.1 Å². The normalized spacial score (nSPS) is 12.4. The van der Waals surface area contributed by atoms with Crippen LogP contribution in [0.3, 0.4) is 0 Å². The van der Waals surface area contributed by atoms with E-state index in [4.69, 9.17) is 9.84 Å². The Labute approximate surface area is 103 Å². The van der Waals surface area contributed by atoms with Crippen molar-refractivity contribution in [2.24, 2.45) is 0 Å². The minimum atomic E-state index is -1.16. The number of ether oxygens (including phenoxy) is 1. The molecule has 4 nitrogen and oxygen atoms in total. The highest BCUT2D eigenvalue weighted by Crippen LogP contribution is 2.15. The predicted molar refractivity (Wildman–Crippen MR) is 65.9 cm³/mol. The number of carboxylic acids is 1. The number of carbonyl (C=O) groups is 1. The molecule has 1 N–H and O–H groups in total. The zero-order chi connectivity index (χ0) is 12.8. The molecule has 0 bridgehead atoms. The largest absolute Gasteiger partial charge is 0.478 e. The molecule has 0 spiro atoms. The molecule has 0 aromatic heterocycles. The first-order chi connectivity index (χ1) is 8.06. The van der Waals surface area contributed by atoms with Gasteiger partial charge >= 0.3 is 5.97 Å². The summed E-state index contributed by atoms with van der Waals surface area (Å²) in [5.41, 5.74) is 0.887. The van der Waals surface area contributed by atoms with Gasteiger partial charge < -0.3 is 9.84 Å². The van der Waals surface area contributed by atoms with Crippen LogP contribution in [0.2, 0.25) is 0 Å². The van der Waals surface area contributed by atoms with Gasteiger partial charge in [0.15, 0.2) is 0 Å². The minimum absolute atomic E-state index is 0.211. The van der Waals surface area contributed by atoms with Crippen molar-refractivity contribution in [2.75, 3.05) is 19.5 Å². The third-order valence-electron chi connectivity index (χ3n) is 2.38. The van der Waals surface area contributed by atoms with Crippen molar-refractivity contribution >= 4 is 16.8 Å². The Hall–Kier alpha value is -1.20. The second-order valence-electron chi connectivity index (χ2n) is 3.68. The van der Waals surface area contributed by atoms with Crippen molar-refractivity contribution in [2.45, 2.75) is 18.2 Å². The van der Waals surface area contributed by atoms with E-state index in [9.17, 15) is 9.00 Å². The first kappa shape index (κ1) is 13.9. The van der Waals surface area contributed by atoms with Crippen molar-refractivity contribution in [3.05, 3.63) is 29.3 Å². The van der Waals surface area contributed by atoms with Gasteiger partial charge in [0.1, 0.15) is 0 Å². The lowest BCUT2D eigenvalue weighted by Gasteiger charge is -2.05. The molecule has 1 aromatic rings. The zero-order valence-corrected chi connectivity index (χ0v) is 10.8. The maximum absolute atomic E-state index is 11.9. The Bertz CT molecular complexity index is 429. The lowest BCUT2D eigenvalue weighted by atomic mass is 10.1. The maximum atomic E-state index is 11.9. The molecule has 5 heteroatoms. The van der Waals surface area contributed by atoms with Crippen LogP contribution in [0.4, 0.5) is 0 Å². The van der Waals surface area contributed by atoms with E-state index in [0.717, 1.165) is 0 Å². The van der Waals surface area contributed by atoms with Gasteiger partial charge in [-0.2, -0.15) is 0 Å². The molecule has 0 radical (unpaired) electrons. The summed E-state index contributed by atoms with van der Waals surface area (Å²) in [6, 6.07) is 4.89. The Kier molecular flexibility index (Phi) is 5.31. The monoisotopic (exact) mass is 256 g/mol. The number of aryl methyl sites for hydroxylation is 1. The lowest BCUT2D eigenvalue weighted by molar-refractivity contribution is 0.0696. The van der Waals surface area contributed by atoms with E-state index < -0.39 is 16.8 Å². The fraction of sp³-hybridized carbons (Fsp3) is 0.417. The molecule has 0 saturated heterocycles. The van der Waals surface area contributed by atoms with Gasteiger partial charge in [0.05, 0.1) is 16.4 Å². The predicted octanol–water partition coefficient (Wildman–Crippen LogP) is 1.84. The fourth-order valence-corrected chi connectivity index (χ4v) is 2.51. The van der Waals surface area contributed by atoms with Gasteiger partial charge in [-0.25, -0.2) is 4.79 Å². The molecule has 1 rings (SSSR count). The molecule has 17 heavy (non-hydrogen) atoms. The van der Waals surface area contributed by atoms with E-state index in [-0.39, 0.29) is 5.56 Å². The van der Waals surface area contributed by atoms with Crippen LogP contribution in [-0.4, -0.2) is 34.8 Å².